The van der Waals surface area contributed by atoms with E-state index in [0.29, 0.717) is 19.8 Å². The smallest absolute Gasteiger partial charge is 0.319 e. The van der Waals surface area contributed by atoms with Crippen molar-refractivity contribution in [2.24, 2.45) is 0 Å². The summed E-state index contributed by atoms with van der Waals surface area (Å²) in [6.45, 7) is 5.94. The van der Waals surface area contributed by atoms with Gasteiger partial charge in [-0.2, -0.15) is 0 Å². The van der Waals surface area contributed by atoms with Gasteiger partial charge in [-0.1, -0.05) is 15.9 Å². The molecule has 2 amide bonds. The van der Waals surface area contributed by atoms with Crippen molar-refractivity contribution in [2.75, 3.05) is 25.1 Å². The van der Waals surface area contributed by atoms with Gasteiger partial charge >= 0.3 is 6.03 Å². The Morgan fingerprint density at radius 3 is 2.89 bits per heavy atom. The molecular weight excluding hydrogens is 296 g/mol. The van der Waals surface area contributed by atoms with E-state index in [1.807, 2.05) is 32.0 Å². The Labute approximate surface area is 116 Å². The second kappa shape index (κ2) is 8.11. The third kappa shape index (κ3) is 5.51. The minimum Gasteiger partial charge on any atom is -0.382 e. The molecule has 0 aliphatic rings. The Bertz CT molecular complexity index is 397. The monoisotopic (exact) mass is 314 g/mol. The van der Waals surface area contributed by atoms with Crippen molar-refractivity contribution < 1.29 is 9.53 Å². The number of hydrogen-bond acceptors (Lipinski definition) is 2. The number of halogens is 1. The van der Waals surface area contributed by atoms with Gasteiger partial charge in [0.05, 0.1) is 0 Å². The fraction of sp³-hybridized carbons (Fsp3) is 0.462. The Morgan fingerprint density at radius 2 is 2.22 bits per heavy atom. The number of benzene rings is 1. The van der Waals surface area contributed by atoms with Crippen molar-refractivity contribution in [2.45, 2.75) is 20.3 Å². The molecule has 0 saturated heterocycles. The highest BCUT2D eigenvalue weighted by molar-refractivity contribution is 9.10. The number of carbonyl (C=O) groups is 1. The van der Waals surface area contributed by atoms with Crippen molar-refractivity contribution in [1.82, 2.24) is 5.32 Å². The molecule has 0 fully saturated rings. The largest absolute Gasteiger partial charge is 0.382 e. The van der Waals surface area contributed by atoms with E-state index < -0.39 is 0 Å². The van der Waals surface area contributed by atoms with E-state index in [1.165, 1.54) is 0 Å². The average molecular weight is 315 g/mol. The molecule has 0 aliphatic carbocycles. The van der Waals surface area contributed by atoms with E-state index in [0.717, 1.165) is 22.1 Å². The van der Waals surface area contributed by atoms with Crippen LogP contribution in [0.4, 0.5) is 10.5 Å². The molecule has 0 heterocycles. The van der Waals surface area contributed by atoms with Crippen LogP contribution in [0.5, 0.6) is 0 Å². The van der Waals surface area contributed by atoms with Crippen LogP contribution in [-0.2, 0) is 4.74 Å². The van der Waals surface area contributed by atoms with Gasteiger partial charge in [0.1, 0.15) is 0 Å². The summed E-state index contributed by atoms with van der Waals surface area (Å²) in [6, 6.07) is 5.51. The lowest BCUT2D eigenvalue weighted by Crippen LogP contribution is -2.30. The maximum atomic E-state index is 11.6. The van der Waals surface area contributed by atoms with Crippen molar-refractivity contribution in [3.63, 3.8) is 0 Å². The highest BCUT2D eigenvalue weighted by Gasteiger charge is 2.02. The van der Waals surface area contributed by atoms with Gasteiger partial charge in [-0.25, -0.2) is 4.79 Å². The molecule has 0 aromatic heterocycles. The number of amides is 2. The second-order valence-corrected chi connectivity index (χ2v) is 4.75. The summed E-state index contributed by atoms with van der Waals surface area (Å²) in [7, 11) is 0. The van der Waals surface area contributed by atoms with Crippen LogP contribution in [0.25, 0.3) is 0 Å². The van der Waals surface area contributed by atoms with Crippen LogP contribution in [0.15, 0.2) is 22.7 Å². The molecule has 5 heteroatoms. The quantitative estimate of drug-likeness (QED) is 0.791. The highest BCUT2D eigenvalue weighted by atomic mass is 79.9. The molecule has 0 radical (unpaired) electrons. The standard InChI is InChI=1S/C13H19BrN2O2/c1-3-18-8-4-7-15-13(17)16-11-5-6-12(14)10(2)9-11/h5-6,9H,3-4,7-8H2,1-2H3,(H2,15,16,17). The molecule has 0 atom stereocenters. The molecule has 1 aromatic carbocycles. The number of rotatable bonds is 6. The van der Waals surface area contributed by atoms with E-state index in [4.69, 9.17) is 4.74 Å². The predicted octanol–water partition coefficient (Wildman–Crippen LogP) is 3.31. The van der Waals surface area contributed by atoms with Gasteiger partial charge in [-0.05, 0) is 44.0 Å². The first-order chi connectivity index (χ1) is 8.63. The predicted molar refractivity (Wildman–Crippen MR) is 77.0 cm³/mol. The molecule has 1 rings (SSSR count). The fourth-order valence-electron chi connectivity index (χ4n) is 1.42. The van der Waals surface area contributed by atoms with Gasteiger partial charge < -0.3 is 15.4 Å². The highest BCUT2D eigenvalue weighted by Crippen LogP contribution is 2.19. The summed E-state index contributed by atoms with van der Waals surface area (Å²) >= 11 is 3.42. The molecule has 0 bridgehead atoms. The zero-order valence-electron chi connectivity index (χ0n) is 10.8. The molecule has 100 valence electrons. The van der Waals surface area contributed by atoms with Crippen molar-refractivity contribution in [3.8, 4) is 0 Å². The van der Waals surface area contributed by atoms with Gasteiger partial charge in [0, 0.05) is 29.9 Å². The van der Waals surface area contributed by atoms with E-state index in [9.17, 15) is 4.79 Å². The van der Waals surface area contributed by atoms with Crippen LogP contribution >= 0.6 is 15.9 Å². The number of carbonyl (C=O) groups excluding carboxylic acids is 1. The molecule has 0 unspecified atom stereocenters. The lowest BCUT2D eigenvalue weighted by Gasteiger charge is -2.08. The summed E-state index contributed by atoms with van der Waals surface area (Å²) in [5, 5.41) is 5.57. The molecule has 0 aliphatic heterocycles. The minimum absolute atomic E-state index is 0.187. The number of anilines is 1. The van der Waals surface area contributed by atoms with Crippen LogP contribution in [0.2, 0.25) is 0 Å². The zero-order valence-corrected chi connectivity index (χ0v) is 12.3. The molecule has 2 N–H and O–H groups in total. The number of ether oxygens (including phenoxy) is 1. The maximum Gasteiger partial charge on any atom is 0.319 e. The third-order valence-corrected chi connectivity index (χ3v) is 3.26. The summed E-state index contributed by atoms with van der Waals surface area (Å²) in [4.78, 5) is 11.6. The van der Waals surface area contributed by atoms with Crippen LogP contribution < -0.4 is 10.6 Å². The number of nitrogens with one attached hydrogen (secondary N) is 2. The first-order valence-corrected chi connectivity index (χ1v) is 6.81. The number of aryl methyl sites for hydroxylation is 1. The van der Waals surface area contributed by atoms with Crippen LogP contribution in [-0.4, -0.2) is 25.8 Å². The molecule has 4 nitrogen and oxygen atoms in total. The second-order valence-electron chi connectivity index (χ2n) is 3.90. The Morgan fingerprint density at radius 1 is 1.44 bits per heavy atom. The Hall–Kier alpha value is -1.07. The molecule has 18 heavy (non-hydrogen) atoms. The summed E-state index contributed by atoms with van der Waals surface area (Å²) in [5.41, 5.74) is 1.88. The first-order valence-electron chi connectivity index (χ1n) is 6.02. The first kappa shape index (κ1) is 15.0. The van der Waals surface area contributed by atoms with Crippen molar-refractivity contribution >= 4 is 27.6 Å². The third-order valence-electron chi connectivity index (χ3n) is 2.37. The van der Waals surface area contributed by atoms with E-state index in [-0.39, 0.29) is 6.03 Å². The van der Waals surface area contributed by atoms with E-state index in [2.05, 4.69) is 26.6 Å². The normalized spacial score (nSPS) is 10.2. The topological polar surface area (TPSA) is 50.4 Å². The Balaban J connectivity index is 2.29. The number of hydrogen-bond donors (Lipinski definition) is 2. The molecule has 0 spiro atoms. The summed E-state index contributed by atoms with van der Waals surface area (Å²) in [5.74, 6) is 0. The SMILES string of the molecule is CCOCCCNC(=O)Nc1ccc(Br)c(C)c1. The van der Waals surface area contributed by atoms with Gasteiger partial charge in [-0.15, -0.1) is 0 Å². The van der Waals surface area contributed by atoms with Crippen molar-refractivity contribution in [3.05, 3.63) is 28.2 Å². The maximum absolute atomic E-state index is 11.6. The fourth-order valence-corrected chi connectivity index (χ4v) is 1.66. The zero-order chi connectivity index (χ0) is 13.4. The lowest BCUT2D eigenvalue weighted by molar-refractivity contribution is 0.145. The van der Waals surface area contributed by atoms with Crippen LogP contribution in [0.3, 0.4) is 0 Å². The lowest BCUT2D eigenvalue weighted by atomic mass is 10.2. The summed E-state index contributed by atoms with van der Waals surface area (Å²) < 4.78 is 6.22. The molecular formula is C13H19BrN2O2. The summed E-state index contributed by atoms with van der Waals surface area (Å²) in [6.07, 6.45) is 0.820. The average Bonchev–Trinajstić information content (AvgIpc) is 2.34. The number of urea groups is 1. The van der Waals surface area contributed by atoms with Gasteiger partial charge in [0.15, 0.2) is 0 Å². The molecule has 0 saturated carbocycles. The van der Waals surface area contributed by atoms with Crippen LogP contribution in [0, 0.1) is 6.92 Å². The van der Waals surface area contributed by atoms with Crippen molar-refractivity contribution in [1.29, 1.82) is 0 Å². The van der Waals surface area contributed by atoms with Crippen LogP contribution in [0.1, 0.15) is 18.9 Å². The Kier molecular flexibility index (Phi) is 6.75. The van der Waals surface area contributed by atoms with E-state index >= 15 is 0 Å². The van der Waals surface area contributed by atoms with Gasteiger partial charge in [0.25, 0.3) is 0 Å². The van der Waals surface area contributed by atoms with Gasteiger partial charge in [-0.3, -0.25) is 0 Å². The minimum atomic E-state index is -0.187. The molecule has 1 aromatic rings. The van der Waals surface area contributed by atoms with Gasteiger partial charge in [0.2, 0.25) is 0 Å². The van der Waals surface area contributed by atoms with E-state index in [1.54, 1.807) is 0 Å².